The molecule has 10 heteroatoms. The number of thioether (sulfide) groups is 1. The van der Waals surface area contributed by atoms with Crippen LogP contribution in [-0.2, 0) is 17.1 Å². The predicted octanol–water partition coefficient (Wildman–Crippen LogP) is 5.56. The molecule has 176 valence electrons. The zero-order chi connectivity index (χ0) is 23.9. The fourth-order valence-electron chi connectivity index (χ4n) is 3.10. The van der Waals surface area contributed by atoms with E-state index in [1.54, 1.807) is 26.2 Å². The summed E-state index contributed by atoms with van der Waals surface area (Å²) in [5.41, 5.74) is 2.06. The van der Waals surface area contributed by atoms with Crippen LogP contribution in [-0.4, -0.2) is 34.8 Å². The molecule has 0 N–H and O–H groups in total. The number of aromatic nitrogens is 3. The Kier molecular flexibility index (Phi) is 7.81. The third-order valence-electron chi connectivity index (χ3n) is 4.64. The summed E-state index contributed by atoms with van der Waals surface area (Å²) in [5, 5.41) is 6.47. The van der Waals surface area contributed by atoms with Crippen LogP contribution >= 0.6 is 23.1 Å². The van der Waals surface area contributed by atoms with Crippen LogP contribution in [0.3, 0.4) is 0 Å². The topological polar surface area (TPSA) is 96.6 Å². The summed E-state index contributed by atoms with van der Waals surface area (Å²) in [7, 11) is 1.60. The van der Waals surface area contributed by atoms with E-state index in [9.17, 15) is 4.79 Å². The molecule has 2 aromatic carbocycles. The normalized spacial score (nSPS) is 10.8. The Balaban J connectivity index is 1.40. The average Bonchev–Trinajstić information content (AvgIpc) is 3.51. The molecular formula is C24H23N3O5S2. The van der Waals surface area contributed by atoms with Crippen LogP contribution in [0.5, 0.6) is 11.5 Å². The fraction of sp³-hybridized carbons (Fsp3) is 0.250. The molecule has 8 nitrogen and oxygen atoms in total. The molecule has 0 aliphatic heterocycles. The van der Waals surface area contributed by atoms with Gasteiger partial charge in [-0.25, -0.2) is 9.78 Å². The zero-order valence-electron chi connectivity index (χ0n) is 18.9. The van der Waals surface area contributed by atoms with Crippen molar-refractivity contribution in [1.29, 1.82) is 0 Å². The van der Waals surface area contributed by atoms with Crippen LogP contribution in [0.1, 0.15) is 34.7 Å². The molecular weight excluding hydrogens is 474 g/mol. The van der Waals surface area contributed by atoms with E-state index in [0.717, 1.165) is 15.5 Å². The SMILES string of the molecule is CCOc1ccc(-c2nc(COC(=O)c3ccccc3SCc3nc(C)no3)cs2)cc1OC. The number of carbonyl (C=O) groups excluding carboxylic acids is 1. The quantitative estimate of drug-likeness (QED) is 0.206. The van der Waals surface area contributed by atoms with Crippen molar-refractivity contribution >= 4 is 29.1 Å². The minimum Gasteiger partial charge on any atom is -0.493 e. The van der Waals surface area contributed by atoms with Crippen LogP contribution < -0.4 is 9.47 Å². The molecule has 2 heterocycles. The number of methoxy groups -OCH3 is 1. The fourth-order valence-corrected chi connectivity index (χ4v) is 4.78. The summed E-state index contributed by atoms with van der Waals surface area (Å²) in [4.78, 5) is 22.4. The highest BCUT2D eigenvalue weighted by Crippen LogP contribution is 2.34. The van der Waals surface area contributed by atoms with E-state index < -0.39 is 5.97 Å². The molecule has 0 unspecified atom stereocenters. The Labute approximate surface area is 205 Å². The van der Waals surface area contributed by atoms with Gasteiger partial charge in [-0.15, -0.1) is 23.1 Å². The van der Waals surface area contributed by atoms with Gasteiger partial charge in [0.25, 0.3) is 0 Å². The number of benzene rings is 2. The van der Waals surface area contributed by atoms with Crippen molar-refractivity contribution in [2.45, 2.75) is 31.1 Å². The summed E-state index contributed by atoms with van der Waals surface area (Å²) < 4.78 is 21.7. The Bertz CT molecular complexity index is 1270. The van der Waals surface area contributed by atoms with E-state index in [-0.39, 0.29) is 6.61 Å². The van der Waals surface area contributed by atoms with Crippen molar-refractivity contribution in [3.8, 4) is 22.1 Å². The maximum atomic E-state index is 12.8. The second kappa shape index (κ2) is 11.2. The first kappa shape index (κ1) is 23.8. The first-order chi connectivity index (χ1) is 16.6. The number of hydrogen-bond donors (Lipinski definition) is 0. The number of thiazole rings is 1. The lowest BCUT2D eigenvalue weighted by atomic mass is 10.2. The lowest BCUT2D eigenvalue weighted by Gasteiger charge is -2.10. The van der Waals surface area contributed by atoms with Crippen molar-refractivity contribution in [3.63, 3.8) is 0 Å². The Hall–Kier alpha value is -3.37. The predicted molar refractivity (Wildman–Crippen MR) is 129 cm³/mol. The second-order valence-corrected chi connectivity index (χ2v) is 8.91. The molecule has 0 aliphatic carbocycles. The summed E-state index contributed by atoms with van der Waals surface area (Å²) >= 11 is 2.91. The highest BCUT2D eigenvalue weighted by molar-refractivity contribution is 7.98. The third-order valence-corrected chi connectivity index (χ3v) is 6.64. The summed E-state index contributed by atoms with van der Waals surface area (Å²) in [5.74, 6) is 2.47. The van der Waals surface area contributed by atoms with Crippen LogP contribution in [0, 0.1) is 6.92 Å². The minimum atomic E-state index is -0.415. The van der Waals surface area contributed by atoms with Gasteiger partial charge in [0.05, 0.1) is 30.7 Å². The van der Waals surface area contributed by atoms with Crippen LogP contribution in [0.15, 0.2) is 57.3 Å². The largest absolute Gasteiger partial charge is 0.493 e. The average molecular weight is 498 g/mol. The van der Waals surface area contributed by atoms with Gasteiger partial charge < -0.3 is 18.7 Å². The first-order valence-electron chi connectivity index (χ1n) is 10.5. The van der Waals surface area contributed by atoms with Crippen molar-refractivity contribution in [1.82, 2.24) is 15.1 Å². The molecule has 4 rings (SSSR count). The summed E-state index contributed by atoms with van der Waals surface area (Å²) in [6, 6.07) is 13.0. The Morgan fingerprint density at radius 2 is 2.00 bits per heavy atom. The summed E-state index contributed by atoms with van der Waals surface area (Å²) in [6.07, 6.45) is 0. The molecule has 0 fully saturated rings. The van der Waals surface area contributed by atoms with E-state index in [4.69, 9.17) is 18.7 Å². The molecule has 4 aromatic rings. The highest BCUT2D eigenvalue weighted by atomic mass is 32.2. The van der Waals surface area contributed by atoms with E-state index >= 15 is 0 Å². The molecule has 0 aliphatic rings. The molecule has 2 aromatic heterocycles. The number of ether oxygens (including phenoxy) is 3. The van der Waals surface area contributed by atoms with Crippen molar-refractivity contribution in [2.75, 3.05) is 13.7 Å². The second-order valence-electron chi connectivity index (χ2n) is 7.04. The van der Waals surface area contributed by atoms with Crippen molar-refractivity contribution in [3.05, 3.63) is 70.8 Å². The molecule has 0 radical (unpaired) electrons. The number of rotatable bonds is 10. The van der Waals surface area contributed by atoms with Gasteiger partial charge >= 0.3 is 5.97 Å². The van der Waals surface area contributed by atoms with E-state index in [1.807, 2.05) is 42.6 Å². The highest BCUT2D eigenvalue weighted by Gasteiger charge is 2.16. The number of hydrogen-bond acceptors (Lipinski definition) is 10. The molecule has 0 bridgehead atoms. The molecule has 0 atom stereocenters. The van der Waals surface area contributed by atoms with E-state index in [0.29, 0.717) is 46.8 Å². The van der Waals surface area contributed by atoms with Gasteiger partial charge in [0, 0.05) is 15.8 Å². The van der Waals surface area contributed by atoms with Crippen molar-refractivity contribution in [2.24, 2.45) is 0 Å². The number of esters is 1. The van der Waals surface area contributed by atoms with Gasteiger partial charge in [-0.1, -0.05) is 17.3 Å². The van der Waals surface area contributed by atoms with E-state index in [1.165, 1.54) is 23.1 Å². The van der Waals surface area contributed by atoms with Gasteiger partial charge in [-0.3, -0.25) is 0 Å². The Morgan fingerprint density at radius 3 is 2.76 bits per heavy atom. The van der Waals surface area contributed by atoms with Gasteiger partial charge in [-0.05, 0) is 44.2 Å². The van der Waals surface area contributed by atoms with Crippen LogP contribution in [0.2, 0.25) is 0 Å². The minimum absolute atomic E-state index is 0.0748. The van der Waals surface area contributed by atoms with Gasteiger partial charge in [0.15, 0.2) is 17.3 Å². The lowest BCUT2D eigenvalue weighted by Crippen LogP contribution is -2.07. The summed E-state index contributed by atoms with van der Waals surface area (Å²) in [6.45, 7) is 4.32. The Morgan fingerprint density at radius 1 is 1.15 bits per heavy atom. The van der Waals surface area contributed by atoms with Gasteiger partial charge in [0.2, 0.25) is 5.89 Å². The first-order valence-corrected chi connectivity index (χ1v) is 12.4. The molecule has 0 saturated carbocycles. The standard InChI is InChI=1S/C24H23N3O5S2/c1-4-30-19-10-9-16(11-20(19)29-3)23-26-17(13-34-23)12-31-24(28)18-7-5-6-8-21(18)33-14-22-25-15(2)27-32-22/h5-11,13H,4,12,14H2,1-3H3. The molecule has 0 amide bonds. The zero-order valence-corrected chi connectivity index (χ0v) is 20.6. The monoisotopic (exact) mass is 497 g/mol. The number of aryl methyl sites for hydroxylation is 1. The molecule has 34 heavy (non-hydrogen) atoms. The molecule has 0 spiro atoms. The molecule has 0 saturated heterocycles. The van der Waals surface area contributed by atoms with Crippen LogP contribution in [0.25, 0.3) is 10.6 Å². The lowest BCUT2D eigenvalue weighted by molar-refractivity contribution is 0.0464. The number of carbonyl (C=O) groups is 1. The maximum Gasteiger partial charge on any atom is 0.339 e. The van der Waals surface area contributed by atoms with Gasteiger partial charge in [-0.2, -0.15) is 4.98 Å². The third kappa shape index (κ3) is 5.75. The maximum absolute atomic E-state index is 12.8. The smallest absolute Gasteiger partial charge is 0.339 e. The van der Waals surface area contributed by atoms with Gasteiger partial charge in [0.1, 0.15) is 11.6 Å². The number of nitrogens with zero attached hydrogens (tertiary/aromatic N) is 3. The van der Waals surface area contributed by atoms with Crippen LogP contribution in [0.4, 0.5) is 0 Å². The van der Waals surface area contributed by atoms with Crippen molar-refractivity contribution < 1.29 is 23.5 Å². The van der Waals surface area contributed by atoms with E-state index in [2.05, 4.69) is 15.1 Å².